The van der Waals surface area contributed by atoms with Crippen LogP contribution < -0.4 is 5.32 Å². The van der Waals surface area contributed by atoms with Gasteiger partial charge in [-0.15, -0.1) is 0 Å². The van der Waals surface area contributed by atoms with Gasteiger partial charge in [0.05, 0.1) is 6.54 Å². The van der Waals surface area contributed by atoms with Crippen molar-refractivity contribution in [3.05, 3.63) is 0 Å². The van der Waals surface area contributed by atoms with Gasteiger partial charge in [-0.2, -0.15) is 8.78 Å². The van der Waals surface area contributed by atoms with Crippen LogP contribution in [0.25, 0.3) is 0 Å². The van der Waals surface area contributed by atoms with Gasteiger partial charge in [-0.25, -0.2) is 8.78 Å². The summed E-state index contributed by atoms with van der Waals surface area (Å²) in [6.45, 7) is -0.900. The second kappa shape index (κ2) is 5.35. The Hall–Kier alpha value is -0.320. The van der Waals surface area contributed by atoms with Crippen LogP contribution in [-0.2, 0) is 0 Å². The molecule has 2 rings (SSSR count). The molecule has 1 N–H and O–H groups in total. The van der Waals surface area contributed by atoms with E-state index < -0.39 is 18.9 Å². The fourth-order valence-electron chi connectivity index (χ4n) is 3.42. The van der Waals surface area contributed by atoms with E-state index in [-0.39, 0.29) is 6.04 Å². The zero-order valence-electron chi connectivity index (χ0n) is 10.5. The predicted octanol–water partition coefficient (Wildman–Crippen LogP) is 3.98. The Bertz CT molecular complexity index is 264. The van der Waals surface area contributed by atoms with Crippen LogP contribution in [0.15, 0.2) is 0 Å². The molecule has 2 saturated carbocycles. The van der Waals surface area contributed by atoms with Gasteiger partial charge in [0.1, 0.15) is 0 Å². The molecule has 18 heavy (non-hydrogen) atoms. The quantitative estimate of drug-likeness (QED) is 0.760. The van der Waals surface area contributed by atoms with Gasteiger partial charge >= 0.3 is 12.3 Å². The molecule has 106 valence electrons. The van der Waals surface area contributed by atoms with Gasteiger partial charge in [-0.05, 0) is 43.9 Å². The largest absolute Gasteiger partial charge is 0.319 e. The van der Waals surface area contributed by atoms with Crippen molar-refractivity contribution in [1.82, 2.24) is 5.32 Å². The first-order chi connectivity index (χ1) is 8.44. The first kappa shape index (κ1) is 14.1. The van der Waals surface area contributed by atoms with Crippen LogP contribution in [0.1, 0.15) is 51.4 Å². The summed E-state index contributed by atoms with van der Waals surface area (Å²) >= 11 is 0. The SMILES string of the molecule is FC(F)C(F)(F)CNC1CCC2(CCCC2)CC1. The molecule has 0 bridgehead atoms. The molecule has 1 nitrogen and oxygen atoms in total. The van der Waals surface area contributed by atoms with E-state index in [1.54, 1.807) is 0 Å². The lowest BCUT2D eigenvalue weighted by atomic mass is 9.71. The molecule has 0 atom stereocenters. The number of hydrogen-bond acceptors (Lipinski definition) is 1. The van der Waals surface area contributed by atoms with E-state index in [9.17, 15) is 17.6 Å². The van der Waals surface area contributed by atoms with Crippen LogP contribution >= 0.6 is 0 Å². The first-order valence-electron chi connectivity index (χ1n) is 6.83. The molecule has 0 aromatic rings. The number of rotatable bonds is 4. The summed E-state index contributed by atoms with van der Waals surface area (Å²) in [7, 11) is 0. The second-order valence-corrected chi connectivity index (χ2v) is 5.92. The number of halogens is 4. The first-order valence-corrected chi connectivity index (χ1v) is 6.83. The highest BCUT2D eigenvalue weighted by molar-refractivity contribution is 4.91. The number of nitrogens with one attached hydrogen (secondary N) is 1. The van der Waals surface area contributed by atoms with E-state index in [1.807, 2.05) is 0 Å². The van der Waals surface area contributed by atoms with E-state index in [1.165, 1.54) is 25.7 Å². The Morgan fingerprint density at radius 1 is 1.06 bits per heavy atom. The third kappa shape index (κ3) is 3.16. The van der Waals surface area contributed by atoms with Crippen LogP contribution in [0.4, 0.5) is 17.6 Å². The van der Waals surface area contributed by atoms with E-state index in [4.69, 9.17) is 0 Å². The number of alkyl halides is 4. The van der Waals surface area contributed by atoms with E-state index in [0.29, 0.717) is 5.41 Å². The minimum atomic E-state index is -3.90. The number of hydrogen-bond donors (Lipinski definition) is 1. The van der Waals surface area contributed by atoms with Crippen LogP contribution in [0, 0.1) is 5.41 Å². The molecule has 2 fully saturated rings. The molecule has 0 aromatic carbocycles. The summed E-state index contributed by atoms with van der Waals surface area (Å²) in [6, 6.07) is -0.0131. The summed E-state index contributed by atoms with van der Waals surface area (Å²) < 4.78 is 49.6. The average molecular weight is 267 g/mol. The Labute approximate surface area is 105 Å². The highest BCUT2D eigenvalue weighted by atomic mass is 19.3. The van der Waals surface area contributed by atoms with Crippen LogP contribution in [0.5, 0.6) is 0 Å². The minimum Gasteiger partial charge on any atom is -0.308 e. The van der Waals surface area contributed by atoms with E-state index >= 15 is 0 Å². The molecule has 0 amide bonds. The van der Waals surface area contributed by atoms with Crippen molar-refractivity contribution in [2.75, 3.05) is 6.54 Å². The van der Waals surface area contributed by atoms with Crippen molar-refractivity contribution in [2.24, 2.45) is 5.41 Å². The van der Waals surface area contributed by atoms with Crippen molar-refractivity contribution in [3.63, 3.8) is 0 Å². The summed E-state index contributed by atoms with van der Waals surface area (Å²) in [4.78, 5) is 0. The predicted molar refractivity (Wildman–Crippen MR) is 62.1 cm³/mol. The molecule has 1 spiro atoms. The maximum atomic E-state index is 12.8. The fraction of sp³-hybridized carbons (Fsp3) is 1.00. The molecular formula is C13H21F4N. The summed E-state index contributed by atoms with van der Waals surface area (Å²) in [5.41, 5.74) is 0.448. The molecule has 0 unspecified atom stereocenters. The zero-order valence-corrected chi connectivity index (χ0v) is 10.5. The average Bonchev–Trinajstić information content (AvgIpc) is 2.77. The van der Waals surface area contributed by atoms with Crippen molar-refractivity contribution in [1.29, 1.82) is 0 Å². The lowest BCUT2D eigenvalue weighted by molar-refractivity contribution is -0.126. The van der Waals surface area contributed by atoms with Crippen LogP contribution in [-0.4, -0.2) is 24.9 Å². The van der Waals surface area contributed by atoms with Gasteiger partial charge in [-0.1, -0.05) is 12.8 Å². The van der Waals surface area contributed by atoms with Crippen molar-refractivity contribution in [3.8, 4) is 0 Å². The Morgan fingerprint density at radius 3 is 2.11 bits per heavy atom. The van der Waals surface area contributed by atoms with Crippen molar-refractivity contribution in [2.45, 2.75) is 69.8 Å². The van der Waals surface area contributed by atoms with Crippen LogP contribution in [0.2, 0.25) is 0 Å². The van der Waals surface area contributed by atoms with E-state index in [2.05, 4.69) is 5.32 Å². The molecule has 0 aromatic heterocycles. The topological polar surface area (TPSA) is 12.0 Å². The fourth-order valence-corrected chi connectivity index (χ4v) is 3.42. The van der Waals surface area contributed by atoms with Gasteiger partial charge in [0.15, 0.2) is 0 Å². The molecule has 0 heterocycles. The normalized spacial score (nSPS) is 25.2. The lowest BCUT2D eigenvalue weighted by Gasteiger charge is -2.38. The van der Waals surface area contributed by atoms with Gasteiger partial charge in [0.25, 0.3) is 0 Å². The Kier molecular flexibility index (Phi) is 4.19. The smallest absolute Gasteiger partial charge is 0.308 e. The molecule has 2 aliphatic rings. The highest BCUT2D eigenvalue weighted by Gasteiger charge is 2.42. The monoisotopic (exact) mass is 267 g/mol. The van der Waals surface area contributed by atoms with Crippen molar-refractivity contribution < 1.29 is 17.6 Å². The molecule has 0 aliphatic heterocycles. The maximum Gasteiger partial charge on any atom is 0.319 e. The van der Waals surface area contributed by atoms with Gasteiger partial charge in [0, 0.05) is 6.04 Å². The third-order valence-corrected chi connectivity index (χ3v) is 4.66. The lowest BCUT2D eigenvalue weighted by Crippen LogP contribution is -2.45. The third-order valence-electron chi connectivity index (χ3n) is 4.66. The summed E-state index contributed by atoms with van der Waals surface area (Å²) in [5, 5.41) is 2.62. The van der Waals surface area contributed by atoms with Crippen molar-refractivity contribution >= 4 is 0 Å². The Balaban J connectivity index is 1.74. The summed E-state index contributed by atoms with van der Waals surface area (Å²) in [5.74, 6) is -3.90. The molecule has 2 aliphatic carbocycles. The highest BCUT2D eigenvalue weighted by Crippen LogP contribution is 2.48. The molecule has 5 heteroatoms. The van der Waals surface area contributed by atoms with Crippen LogP contribution in [0.3, 0.4) is 0 Å². The van der Waals surface area contributed by atoms with Gasteiger partial charge < -0.3 is 5.32 Å². The zero-order chi connectivity index (χ0) is 13.2. The van der Waals surface area contributed by atoms with E-state index in [0.717, 1.165) is 25.7 Å². The maximum absolute atomic E-state index is 12.8. The second-order valence-electron chi connectivity index (χ2n) is 5.92. The standard InChI is InChI=1S/C13H21F4N/c14-11(15)13(16,17)9-18-10-3-7-12(8-4-10)5-1-2-6-12/h10-11,18H,1-9H2. The van der Waals surface area contributed by atoms with Gasteiger partial charge in [-0.3, -0.25) is 0 Å². The molecule has 0 saturated heterocycles. The Morgan fingerprint density at radius 2 is 1.61 bits per heavy atom. The summed E-state index contributed by atoms with van der Waals surface area (Å²) in [6.07, 6.45) is 5.31. The molecule has 0 radical (unpaired) electrons. The minimum absolute atomic E-state index is 0.0131. The molecular weight excluding hydrogens is 246 g/mol. The van der Waals surface area contributed by atoms with Gasteiger partial charge in [0.2, 0.25) is 0 Å².